The van der Waals surface area contributed by atoms with Gasteiger partial charge in [-0.3, -0.25) is 0 Å². The average molecular weight is 429 g/mol. The van der Waals surface area contributed by atoms with E-state index < -0.39 is 32.4 Å². The minimum Gasteiger partial charge on any atom is -0.493 e. The molecule has 0 saturated heterocycles. The molecule has 0 N–H and O–H groups in total. The van der Waals surface area contributed by atoms with Crippen molar-refractivity contribution >= 4 is 33.3 Å². The minimum absolute atomic E-state index is 0.0375. The van der Waals surface area contributed by atoms with Crippen LogP contribution in [0.5, 0.6) is 5.75 Å². The molecule has 0 unspecified atom stereocenters. The van der Waals surface area contributed by atoms with Crippen LogP contribution in [0.1, 0.15) is 45.6 Å². The first kappa shape index (κ1) is 20.5. The van der Waals surface area contributed by atoms with E-state index in [0.717, 1.165) is 23.5 Å². The van der Waals surface area contributed by atoms with Crippen LogP contribution in [0.2, 0.25) is 0 Å². The number of aromatic nitrogens is 1. The van der Waals surface area contributed by atoms with Crippen LogP contribution in [0.4, 0.5) is 15.0 Å². The van der Waals surface area contributed by atoms with Crippen LogP contribution in [0.15, 0.2) is 27.9 Å². The van der Waals surface area contributed by atoms with Crippen molar-refractivity contribution in [2.75, 3.05) is 10.9 Å². The van der Waals surface area contributed by atoms with E-state index in [1.807, 2.05) is 6.92 Å². The van der Waals surface area contributed by atoms with E-state index in [-0.39, 0.29) is 11.7 Å². The number of sulfonamides is 1. The Balaban J connectivity index is 2.11. The Morgan fingerprint density at radius 3 is 2.71 bits per heavy atom. The summed E-state index contributed by atoms with van der Waals surface area (Å²) in [7, 11) is -4.63. The standard InChI is InChI=1S/C18H21FN2O5S2/c1-11-5-6-25-14-8-15(13(19)7-12(11)14)28(23,24)21(16-9-27-10-20-16)17(22)26-18(2,3)4/h7-11H,5-6H2,1-4H3/t11-/m1/s1. The van der Waals surface area contributed by atoms with Crippen molar-refractivity contribution in [2.45, 2.75) is 50.5 Å². The van der Waals surface area contributed by atoms with Crippen LogP contribution >= 0.6 is 11.3 Å². The monoisotopic (exact) mass is 428 g/mol. The van der Waals surface area contributed by atoms with Crippen LogP contribution in [-0.4, -0.2) is 31.7 Å². The molecule has 0 bridgehead atoms. The summed E-state index contributed by atoms with van der Waals surface area (Å²) in [5.74, 6) is -0.790. The summed E-state index contributed by atoms with van der Waals surface area (Å²) in [5, 5.41) is 1.37. The lowest BCUT2D eigenvalue weighted by Crippen LogP contribution is -2.41. The number of hydrogen-bond donors (Lipinski definition) is 0. The fourth-order valence-corrected chi connectivity index (χ4v) is 4.70. The molecule has 2 aromatic rings. The number of carbonyl (C=O) groups is 1. The van der Waals surface area contributed by atoms with Crippen LogP contribution in [0.25, 0.3) is 0 Å². The topological polar surface area (TPSA) is 85.8 Å². The van der Waals surface area contributed by atoms with Crippen molar-refractivity contribution < 1.29 is 27.1 Å². The van der Waals surface area contributed by atoms with E-state index in [1.54, 1.807) is 20.8 Å². The zero-order valence-corrected chi connectivity index (χ0v) is 17.6. The fourth-order valence-electron chi connectivity index (χ4n) is 2.78. The highest BCUT2D eigenvalue weighted by Crippen LogP contribution is 2.38. The quantitative estimate of drug-likeness (QED) is 0.725. The summed E-state index contributed by atoms with van der Waals surface area (Å²) in [6.07, 6.45) is -0.452. The molecule has 152 valence electrons. The molecule has 0 radical (unpaired) electrons. The van der Waals surface area contributed by atoms with Crippen molar-refractivity contribution in [2.24, 2.45) is 0 Å². The Labute approximate surface area is 167 Å². The lowest BCUT2D eigenvalue weighted by molar-refractivity contribution is 0.0608. The Kier molecular flexibility index (Phi) is 5.37. The second kappa shape index (κ2) is 7.32. The first-order chi connectivity index (χ1) is 13.0. The zero-order chi connectivity index (χ0) is 20.7. The van der Waals surface area contributed by atoms with Gasteiger partial charge in [0.2, 0.25) is 0 Å². The maximum absolute atomic E-state index is 14.8. The van der Waals surface area contributed by atoms with Gasteiger partial charge in [-0.1, -0.05) is 6.92 Å². The molecule has 10 heteroatoms. The number of carbonyl (C=O) groups excluding carboxylic acids is 1. The van der Waals surface area contributed by atoms with Gasteiger partial charge in [-0.05, 0) is 39.2 Å². The summed E-state index contributed by atoms with van der Waals surface area (Å²) < 4.78 is 52.4. The third-order valence-corrected chi connectivity index (χ3v) is 6.37. The summed E-state index contributed by atoms with van der Waals surface area (Å²) in [6.45, 7) is 7.13. The predicted octanol–water partition coefficient (Wildman–Crippen LogP) is 4.30. The number of thiazole rings is 1. The maximum atomic E-state index is 14.8. The first-order valence-corrected chi connectivity index (χ1v) is 11.0. The summed E-state index contributed by atoms with van der Waals surface area (Å²) in [5.41, 5.74) is 1.02. The van der Waals surface area contributed by atoms with E-state index in [2.05, 4.69) is 4.98 Å². The predicted molar refractivity (Wildman–Crippen MR) is 103 cm³/mol. The molecule has 0 aliphatic carbocycles. The molecule has 2 heterocycles. The van der Waals surface area contributed by atoms with Crippen molar-refractivity contribution in [3.8, 4) is 5.75 Å². The van der Waals surface area contributed by atoms with Gasteiger partial charge in [0.15, 0.2) is 5.82 Å². The molecule has 1 aromatic carbocycles. The van der Waals surface area contributed by atoms with Gasteiger partial charge in [0.1, 0.15) is 22.1 Å². The van der Waals surface area contributed by atoms with Gasteiger partial charge in [0, 0.05) is 17.0 Å². The minimum atomic E-state index is -4.63. The lowest BCUT2D eigenvalue weighted by Gasteiger charge is -2.27. The van der Waals surface area contributed by atoms with Gasteiger partial charge in [0.05, 0.1) is 12.1 Å². The van der Waals surface area contributed by atoms with Gasteiger partial charge < -0.3 is 9.47 Å². The van der Waals surface area contributed by atoms with E-state index >= 15 is 0 Å². The summed E-state index contributed by atoms with van der Waals surface area (Å²) >= 11 is 1.10. The Hall–Kier alpha value is -2.20. The van der Waals surface area contributed by atoms with E-state index in [4.69, 9.17) is 9.47 Å². The molecule has 0 saturated carbocycles. The Morgan fingerprint density at radius 1 is 1.39 bits per heavy atom. The van der Waals surface area contributed by atoms with Crippen LogP contribution in [0.3, 0.4) is 0 Å². The summed E-state index contributed by atoms with van der Waals surface area (Å²) in [6, 6.07) is 2.28. The van der Waals surface area contributed by atoms with Crippen molar-refractivity contribution in [1.29, 1.82) is 0 Å². The number of nitrogens with zero attached hydrogens (tertiary/aromatic N) is 2. The molecule has 1 amide bonds. The molecule has 0 spiro atoms. The molecule has 1 aliphatic rings. The largest absolute Gasteiger partial charge is 0.493 e. The van der Waals surface area contributed by atoms with Crippen LogP contribution in [0, 0.1) is 5.82 Å². The molecule has 1 aromatic heterocycles. The van der Waals surface area contributed by atoms with Crippen molar-refractivity contribution in [1.82, 2.24) is 4.98 Å². The molecule has 28 heavy (non-hydrogen) atoms. The maximum Gasteiger partial charge on any atom is 0.430 e. The number of hydrogen-bond acceptors (Lipinski definition) is 7. The average Bonchev–Trinajstić information content (AvgIpc) is 3.07. The molecule has 3 rings (SSSR count). The van der Waals surface area contributed by atoms with Crippen molar-refractivity contribution in [3.05, 3.63) is 34.4 Å². The van der Waals surface area contributed by atoms with Gasteiger partial charge in [-0.25, -0.2) is 22.6 Å². The highest BCUT2D eigenvalue weighted by Gasteiger charge is 2.38. The third-order valence-electron chi connectivity index (χ3n) is 4.11. The van der Waals surface area contributed by atoms with Crippen LogP contribution in [-0.2, 0) is 14.8 Å². The van der Waals surface area contributed by atoms with Crippen molar-refractivity contribution in [3.63, 3.8) is 0 Å². The number of halogens is 1. The number of fused-ring (bicyclic) bond motifs is 1. The summed E-state index contributed by atoms with van der Waals surface area (Å²) in [4.78, 5) is 15.9. The molecule has 1 atom stereocenters. The highest BCUT2D eigenvalue weighted by molar-refractivity contribution is 7.93. The first-order valence-electron chi connectivity index (χ1n) is 8.63. The molecule has 0 fully saturated rings. The zero-order valence-electron chi connectivity index (χ0n) is 15.9. The highest BCUT2D eigenvalue weighted by atomic mass is 32.2. The van der Waals surface area contributed by atoms with E-state index in [1.165, 1.54) is 10.9 Å². The Bertz CT molecular complexity index is 984. The van der Waals surface area contributed by atoms with E-state index in [0.29, 0.717) is 28.6 Å². The molecule has 1 aliphatic heterocycles. The SMILES string of the molecule is C[C@@H]1CCOc2cc(S(=O)(=O)N(C(=O)OC(C)(C)C)c3cscn3)c(F)cc21. The number of benzene rings is 1. The lowest BCUT2D eigenvalue weighted by atomic mass is 9.95. The number of rotatable bonds is 3. The Morgan fingerprint density at radius 2 is 2.11 bits per heavy atom. The number of ether oxygens (including phenoxy) is 2. The second-order valence-electron chi connectivity index (χ2n) is 7.46. The van der Waals surface area contributed by atoms with E-state index in [9.17, 15) is 17.6 Å². The smallest absolute Gasteiger partial charge is 0.430 e. The normalized spacial score (nSPS) is 16.8. The van der Waals surface area contributed by atoms with Gasteiger partial charge in [-0.15, -0.1) is 15.6 Å². The molecular formula is C18H21FN2O5S2. The third kappa shape index (κ3) is 3.97. The van der Waals surface area contributed by atoms with Crippen LogP contribution < -0.4 is 9.04 Å². The number of anilines is 1. The molecular weight excluding hydrogens is 407 g/mol. The fraction of sp³-hybridized carbons (Fsp3) is 0.444. The number of amides is 1. The van der Waals surface area contributed by atoms with Gasteiger partial charge in [-0.2, -0.15) is 0 Å². The second-order valence-corrected chi connectivity index (χ2v) is 9.93. The molecule has 7 nitrogen and oxygen atoms in total. The van der Waals surface area contributed by atoms with Gasteiger partial charge in [0.25, 0.3) is 10.0 Å². The van der Waals surface area contributed by atoms with Gasteiger partial charge >= 0.3 is 6.09 Å².